The molecule has 13 nitrogen and oxygen atoms in total. The second-order valence-electron chi connectivity index (χ2n) is 7.78. The van der Waals surface area contributed by atoms with Gasteiger partial charge < -0.3 is 42.0 Å². The van der Waals surface area contributed by atoms with Crippen LogP contribution in [0.3, 0.4) is 0 Å². The molecule has 0 aliphatic rings. The van der Waals surface area contributed by atoms with Gasteiger partial charge in [0.05, 0.1) is 42.7 Å². The van der Waals surface area contributed by atoms with Gasteiger partial charge in [0.15, 0.2) is 0 Å². The molecule has 0 aromatic heterocycles. The second kappa shape index (κ2) is 13.4. The number of rotatable bonds is 12. The molecule has 0 saturated carbocycles. The zero-order valence-corrected chi connectivity index (χ0v) is 23.8. The maximum atomic E-state index is 13.8. The van der Waals surface area contributed by atoms with Crippen LogP contribution in [0.15, 0.2) is 54.6 Å². The van der Waals surface area contributed by atoms with Crippen LogP contribution in [0.4, 0.5) is 0 Å². The highest BCUT2D eigenvalue weighted by Crippen LogP contribution is 2.52. The first kappa shape index (κ1) is 30.6. The minimum atomic E-state index is -5.34. The molecule has 0 N–H and O–H groups in total. The maximum Gasteiger partial charge on any atom is 0.654 e. The molecule has 0 amide bonds. The number of hydrogen-bond donors (Lipinski definition) is 0. The lowest BCUT2D eigenvalue weighted by atomic mass is 10.2. The Balaban J connectivity index is 2.01. The van der Waals surface area contributed by atoms with Gasteiger partial charge in [0.1, 0.15) is 51.2 Å². The number of phosphoric acid groups is 1. The van der Waals surface area contributed by atoms with E-state index in [4.69, 9.17) is 42.0 Å². The van der Waals surface area contributed by atoms with Crippen molar-refractivity contribution < 1.29 is 60.9 Å². The number of carbonyl (C=O) groups excluding carboxylic acids is 3. The summed E-state index contributed by atoms with van der Waals surface area (Å²) in [5, 5.41) is 0. The Kier molecular flexibility index (Phi) is 10.0. The van der Waals surface area contributed by atoms with Crippen molar-refractivity contribution in [1.82, 2.24) is 0 Å². The normalized spacial score (nSPS) is 10.6. The minimum absolute atomic E-state index is 0.0211. The summed E-state index contributed by atoms with van der Waals surface area (Å²) in [7, 11) is 2.69. The van der Waals surface area contributed by atoms with E-state index < -0.39 is 25.7 Å². The molecule has 14 heteroatoms. The molecule has 3 rings (SSSR count). The van der Waals surface area contributed by atoms with Gasteiger partial charge in [-0.25, -0.2) is 14.4 Å². The molecule has 0 heterocycles. The highest BCUT2D eigenvalue weighted by atomic mass is 31.2. The third-order valence-corrected chi connectivity index (χ3v) is 6.64. The first-order chi connectivity index (χ1) is 19.6. The fourth-order valence-corrected chi connectivity index (χ4v) is 4.43. The Bertz CT molecular complexity index is 1310. The van der Waals surface area contributed by atoms with Crippen LogP contribution in [0.1, 0.15) is 31.1 Å². The Labute approximate surface area is 235 Å². The van der Waals surface area contributed by atoms with Crippen LogP contribution in [0.25, 0.3) is 0 Å². The maximum absolute atomic E-state index is 13.8. The molecule has 41 heavy (non-hydrogen) atoms. The predicted molar refractivity (Wildman–Crippen MR) is 142 cm³/mol. The standard InChI is InChI=1S/C27H27O13P/c1-32-16-7-10-19(22(13-16)35-4)25(28)38-41(31,39-26(29)20-11-8-17(33-2)14-23(20)36-5)40-27(30)21-12-9-18(34-3)15-24(21)37-6/h7-15H,1-6H3. The van der Waals surface area contributed by atoms with Gasteiger partial charge in [-0.1, -0.05) is 0 Å². The van der Waals surface area contributed by atoms with E-state index >= 15 is 0 Å². The van der Waals surface area contributed by atoms with E-state index in [1.807, 2.05) is 0 Å². The largest absolute Gasteiger partial charge is 0.654 e. The smallest absolute Gasteiger partial charge is 0.497 e. The summed E-state index contributed by atoms with van der Waals surface area (Å²) in [5.74, 6) is -2.91. The molecule has 0 saturated heterocycles. The molecule has 3 aromatic carbocycles. The van der Waals surface area contributed by atoms with Crippen LogP contribution in [0.5, 0.6) is 34.5 Å². The average Bonchev–Trinajstić information content (AvgIpc) is 2.99. The summed E-state index contributed by atoms with van der Waals surface area (Å²) in [6, 6.07) is 12.1. The van der Waals surface area contributed by atoms with Gasteiger partial charge in [-0.15, -0.1) is 0 Å². The summed E-state index contributed by atoms with van der Waals surface area (Å²) in [6.07, 6.45) is 0. The quantitative estimate of drug-likeness (QED) is 0.268. The number of phosphoric ester groups is 1. The molecule has 3 aromatic rings. The molecule has 0 radical (unpaired) electrons. The van der Waals surface area contributed by atoms with E-state index in [9.17, 15) is 18.9 Å². The third kappa shape index (κ3) is 7.20. The van der Waals surface area contributed by atoms with Crippen molar-refractivity contribution in [2.45, 2.75) is 0 Å². The fraction of sp³-hybridized carbons (Fsp3) is 0.222. The van der Waals surface area contributed by atoms with Gasteiger partial charge in [0, 0.05) is 18.2 Å². The highest BCUT2D eigenvalue weighted by molar-refractivity contribution is 7.50. The minimum Gasteiger partial charge on any atom is -0.497 e. The Morgan fingerprint density at radius 1 is 0.463 bits per heavy atom. The van der Waals surface area contributed by atoms with E-state index in [-0.39, 0.29) is 33.9 Å². The summed E-state index contributed by atoms with van der Waals surface area (Å²) in [4.78, 5) is 39.3. The molecule has 0 aliphatic heterocycles. The second-order valence-corrected chi connectivity index (χ2v) is 9.22. The number of hydrogen-bond acceptors (Lipinski definition) is 13. The first-order valence-electron chi connectivity index (χ1n) is 11.6. The zero-order chi connectivity index (χ0) is 30.2. The van der Waals surface area contributed by atoms with Crippen molar-refractivity contribution in [3.05, 3.63) is 71.3 Å². The predicted octanol–water partition coefficient (Wildman–Crippen LogP) is 4.72. The van der Waals surface area contributed by atoms with Crippen molar-refractivity contribution in [2.75, 3.05) is 42.7 Å². The lowest BCUT2D eigenvalue weighted by Gasteiger charge is -2.18. The topological polar surface area (TPSA) is 151 Å². The molecule has 0 fully saturated rings. The molecular weight excluding hydrogens is 563 g/mol. The van der Waals surface area contributed by atoms with Gasteiger partial charge in [0.25, 0.3) is 0 Å². The average molecular weight is 590 g/mol. The number of benzene rings is 3. The molecule has 0 spiro atoms. The van der Waals surface area contributed by atoms with Crippen molar-refractivity contribution >= 4 is 25.7 Å². The van der Waals surface area contributed by atoms with Gasteiger partial charge >= 0.3 is 25.7 Å². The van der Waals surface area contributed by atoms with E-state index in [0.29, 0.717) is 17.2 Å². The number of methoxy groups -OCH3 is 6. The van der Waals surface area contributed by atoms with Crippen LogP contribution in [0.2, 0.25) is 0 Å². The lowest BCUT2D eigenvalue weighted by molar-refractivity contribution is 0.0468. The summed E-state index contributed by atoms with van der Waals surface area (Å²) in [6.45, 7) is 0. The number of ether oxygens (including phenoxy) is 6. The third-order valence-electron chi connectivity index (χ3n) is 5.47. The first-order valence-corrected chi connectivity index (χ1v) is 13.1. The van der Waals surface area contributed by atoms with Crippen LogP contribution in [-0.4, -0.2) is 60.6 Å². The molecule has 0 bridgehead atoms. The van der Waals surface area contributed by atoms with E-state index in [2.05, 4.69) is 0 Å². The van der Waals surface area contributed by atoms with Gasteiger partial charge in [-0.05, 0) is 36.4 Å². The summed E-state index contributed by atoms with van der Waals surface area (Å²) >= 11 is 0. The van der Waals surface area contributed by atoms with Crippen LogP contribution in [-0.2, 0) is 18.1 Å². The van der Waals surface area contributed by atoms with E-state index in [1.165, 1.54) is 97.3 Å². The van der Waals surface area contributed by atoms with Crippen LogP contribution >= 0.6 is 7.82 Å². The number of carbonyl (C=O) groups is 3. The Morgan fingerprint density at radius 2 is 0.732 bits per heavy atom. The van der Waals surface area contributed by atoms with Crippen LogP contribution < -0.4 is 28.4 Å². The molecular formula is C27H27O13P. The summed E-state index contributed by atoms with van der Waals surface area (Å²) in [5.41, 5.74) is -0.695. The lowest BCUT2D eigenvalue weighted by Crippen LogP contribution is -2.16. The van der Waals surface area contributed by atoms with Crippen molar-refractivity contribution in [3.8, 4) is 34.5 Å². The fourth-order valence-electron chi connectivity index (χ4n) is 3.41. The molecule has 0 atom stereocenters. The van der Waals surface area contributed by atoms with Gasteiger partial charge in [-0.3, -0.25) is 0 Å². The molecule has 0 aliphatic carbocycles. The molecule has 218 valence electrons. The Morgan fingerprint density at radius 3 is 0.951 bits per heavy atom. The Hall–Kier alpha value is -4.90. The van der Waals surface area contributed by atoms with Crippen molar-refractivity contribution in [2.24, 2.45) is 0 Å². The van der Waals surface area contributed by atoms with Gasteiger partial charge in [-0.2, -0.15) is 4.57 Å². The zero-order valence-electron chi connectivity index (χ0n) is 23.0. The SMILES string of the molecule is COc1ccc(C(=O)OP(=O)(OC(=O)c2ccc(OC)cc2OC)OC(=O)c2ccc(OC)cc2OC)c(OC)c1. The monoisotopic (exact) mass is 590 g/mol. The van der Waals surface area contributed by atoms with Crippen LogP contribution in [0, 0.1) is 0 Å². The summed E-state index contributed by atoms with van der Waals surface area (Å²) < 4.78 is 59.8. The van der Waals surface area contributed by atoms with Crippen molar-refractivity contribution in [3.63, 3.8) is 0 Å². The molecule has 0 unspecified atom stereocenters. The van der Waals surface area contributed by atoms with E-state index in [0.717, 1.165) is 0 Å². The van der Waals surface area contributed by atoms with Crippen molar-refractivity contribution in [1.29, 1.82) is 0 Å². The van der Waals surface area contributed by atoms with E-state index in [1.54, 1.807) is 0 Å². The van der Waals surface area contributed by atoms with Gasteiger partial charge in [0.2, 0.25) is 0 Å². The highest BCUT2D eigenvalue weighted by Gasteiger charge is 2.42.